The number of carbonyl (C=O) groups is 1. The van der Waals surface area contributed by atoms with Gasteiger partial charge in [0, 0.05) is 19.1 Å². The van der Waals surface area contributed by atoms with Crippen LogP contribution in [0.2, 0.25) is 0 Å². The highest BCUT2D eigenvalue weighted by Gasteiger charge is 2.18. The Labute approximate surface area is 124 Å². The molecule has 1 aromatic rings. The van der Waals surface area contributed by atoms with Gasteiger partial charge in [-0.1, -0.05) is 0 Å². The van der Waals surface area contributed by atoms with E-state index in [4.69, 9.17) is 10.8 Å². The lowest BCUT2D eigenvalue weighted by molar-refractivity contribution is 0.0697. The molecule has 0 saturated carbocycles. The quantitative estimate of drug-likeness (QED) is 0.635. The van der Waals surface area contributed by atoms with Crippen molar-refractivity contribution in [1.29, 1.82) is 0 Å². The maximum absolute atomic E-state index is 12.1. The first kappa shape index (κ1) is 17.4. The second-order valence-electron chi connectivity index (χ2n) is 5.03. The van der Waals surface area contributed by atoms with Gasteiger partial charge in [-0.3, -0.25) is 0 Å². The number of hydrogen-bond donors (Lipinski definition) is 3. The fraction of sp³-hybridized carbons (Fsp3) is 0.462. The summed E-state index contributed by atoms with van der Waals surface area (Å²) in [6.07, 6.45) is 0. The minimum absolute atomic E-state index is 0.0500. The Morgan fingerprint density at radius 1 is 1.43 bits per heavy atom. The van der Waals surface area contributed by atoms with Crippen molar-refractivity contribution in [2.75, 3.05) is 25.9 Å². The number of aromatic carboxylic acids is 1. The number of anilines is 1. The van der Waals surface area contributed by atoms with Gasteiger partial charge in [-0.05, 0) is 39.1 Å². The number of sulfonamides is 1. The predicted octanol–water partition coefficient (Wildman–Crippen LogP) is 0.586. The fourth-order valence-corrected chi connectivity index (χ4v) is 2.75. The van der Waals surface area contributed by atoms with Crippen molar-refractivity contribution in [1.82, 2.24) is 9.62 Å². The van der Waals surface area contributed by atoms with Crippen LogP contribution in [0.25, 0.3) is 0 Å². The van der Waals surface area contributed by atoms with E-state index in [1.165, 1.54) is 12.1 Å². The molecule has 118 valence electrons. The number of carboxylic acids is 1. The van der Waals surface area contributed by atoms with E-state index in [2.05, 4.69) is 4.72 Å². The summed E-state index contributed by atoms with van der Waals surface area (Å²) in [5.74, 6) is -1.16. The molecule has 0 unspecified atom stereocenters. The molecule has 7 nitrogen and oxygen atoms in total. The van der Waals surface area contributed by atoms with E-state index in [-0.39, 0.29) is 22.7 Å². The summed E-state index contributed by atoms with van der Waals surface area (Å²) in [6.45, 7) is 4.83. The molecule has 0 aliphatic carbocycles. The zero-order valence-corrected chi connectivity index (χ0v) is 13.1. The molecule has 0 aliphatic heterocycles. The molecule has 0 amide bonds. The van der Waals surface area contributed by atoms with Crippen LogP contribution in [0.1, 0.15) is 24.2 Å². The van der Waals surface area contributed by atoms with Crippen molar-refractivity contribution in [2.45, 2.75) is 24.8 Å². The summed E-state index contributed by atoms with van der Waals surface area (Å²) >= 11 is 0. The highest BCUT2D eigenvalue weighted by Crippen LogP contribution is 2.19. The van der Waals surface area contributed by atoms with Crippen molar-refractivity contribution in [3.63, 3.8) is 0 Å². The predicted molar refractivity (Wildman–Crippen MR) is 80.8 cm³/mol. The Morgan fingerprint density at radius 3 is 2.52 bits per heavy atom. The van der Waals surface area contributed by atoms with Crippen LogP contribution in [0.4, 0.5) is 5.69 Å². The zero-order chi connectivity index (χ0) is 16.2. The first-order chi connectivity index (χ1) is 9.65. The second kappa shape index (κ2) is 6.88. The first-order valence-corrected chi connectivity index (χ1v) is 7.96. The van der Waals surface area contributed by atoms with Crippen molar-refractivity contribution >= 4 is 21.7 Å². The van der Waals surface area contributed by atoms with Crippen molar-refractivity contribution in [2.24, 2.45) is 0 Å². The van der Waals surface area contributed by atoms with E-state index in [1.54, 1.807) is 0 Å². The van der Waals surface area contributed by atoms with Crippen LogP contribution in [0, 0.1) is 0 Å². The van der Waals surface area contributed by atoms with Gasteiger partial charge in [0.2, 0.25) is 10.0 Å². The molecule has 0 bridgehead atoms. The van der Waals surface area contributed by atoms with E-state index < -0.39 is 16.0 Å². The topological polar surface area (TPSA) is 113 Å². The number of nitrogens with two attached hydrogens (primary N) is 1. The average molecular weight is 315 g/mol. The maximum atomic E-state index is 12.1. The van der Waals surface area contributed by atoms with Crippen molar-refractivity contribution in [3.05, 3.63) is 23.8 Å². The highest BCUT2D eigenvalue weighted by molar-refractivity contribution is 7.89. The van der Waals surface area contributed by atoms with E-state index in [9.17, 15) is 13.2 Å². The molecular formula is C13H21N3O4S. The summed E-state index contributed by atoms with van der Waals surface area (Å²) in [5, 5.41) is 8.83. The number of rotatable bonds is 7. The molecular weight excluding hydrogens is 294 g/mol. The largest absolute Gasteiger partial charge is 0.478 e. The van der Waals surface area contributed by atoms with Crippen LogP contribution in [-0.2, 0) is 10.0 Å². The number of nitrogens with zero attached hydrogens (tertiary/aromatic N) is 1. The number of benzene rings is 1. The Balaban J connectivity index is 2.82. The van der Waals surface area contributed by atoms with Gasteiger partial charge in [0.1, 0.15) is 4.90 Å². The Hall–Kier alpha value is -1.64. The number of nitrogen functional groups attached to an aromatic ring is 1. The molecule has 0 radical (unpaired) electrons. The van der Waals surface area contributed by atoms with E-state index in [0.717, 1.165) is 6.07 Å². The van der Waals surface area contributed by atoms with Crippen LogP contribution in [0.5, 0.6) is 0 Å². The summed E-state index contributed by atoms with van der Waals surface area (Å²) in [4.78, 5) is 12.7. The first-order valence-electron chi connectivity index (χ1n) is 6.48. The van der Waals surface area contributed by atoms with Gasteiger partial charge in [0.05, 0.1) is 11.3 Å². The third-order valence-electron chi connectivity index (χ3n) is 3.18. The van der Waals surface area contributed by atoms with Crippen LogP contribution in [0.15, 0.2) is 23.1 Å². The Bertz CT molecular complexity index is 614. The molecule has 0 spiro atoms. The zero-order valence-electron chi connectivity index (χ0n) is 12.3. The standard InChI is InChI=1S/C13H21N3O4S/c1-9(2)16(3)7-6-15-21(19,20)12-5-4-10(13(17)18)8-11(12)14/h4-5,8-9,15H,6-7,14H2,1-3H3,(H,17,18). The van der Waals surface area contributed by atoms with Gasteiger partial charge >= 0.3 is 5.97 Å². The lowest BCUT2D eigenvalue weighted by Crippen LogP contribution is -2.36. The lowest BCUT2D eigenvalue weighted by atomic mass is 10.2. The van der Waals surface area contributed by atoms with Gasteiger partial charge in [-0.15, -0.1) is 0 Å². The molecule has 4 N–H and O–H groups in total. The highest BCUT2D eigenvalue weighted by atomic mass is 32.2. The molecule has 0 heterocycles. The molecule has 0 atom stereocenters. The molecule has 0 aliphatic rings. The van der Waals surface area contributed by atoms with Crippen LogP contribution in [0.3, 0.4) is 0 Å². The van der Waals surface area contributed by atoms with E-state index in [1.807, 2.05) is 25.8 Å². The number of likely N-dealkylation sites (N-methyl/N-ethyl adjacent to an activating group) is 1. The Kier molecular flexibility index (Phi) is 5.70. The van der Waals surface area contributed by atoms with Gasteiger partial charge in [-0.25, -0.2) is 17.9 Å². The summed E-state index contributed by atoms with van der Waals surface area (Å²) in [6, 6.07) is 3.87. The van der Waals surface area contributed by atoms with Crippen molar-refractivity contribution < 1.29 is 18.3 Å². The molecule has 0 saturated heterocycles. The smallest absolute Gasteiger partial charge is 0.335 e. The van der Waals surface area contributed by atoms with Gasteiger partial charge in [0.25, 0.3) is 0 Å². The average Bonchev–Trinajstić information content (AvgIpc) is 2.37. The minimum atomic E-state index is -3.75. The Morgan fingerprint density at radius 2 is 2.05 bits per heavy atom. The third kappa shape index (κ3) is 4.69. The van der Waals surface area contributed by atoms with E-state index >= 15 is 0 Å². The molecule has 1 rings (SSSR count). The molecule has 0 aromatic heterocycles. The number of carboxylic acid groups (broad SMARTS) is 1. The number of hydrogen-bond acceptors (Lipinski definition) is 5. The fourth-order valence-electron chi connectivity index (χ4n) is 1.62. The summed E-state index contributed by atoms with van der Waals surface area (Å²) in [5.41, 5.74) is 5.50. The molecule has 0 fully saturated rings. The molecule has 1 aromatic carbocycles. The van der Waals surface area contributed by atoms with E-state index in [0.29, 0.717) is 12.6 Å². The normalized spacial score (nSPS) is 12.0. The van der Waals surface area contributed by atoms with Crippen LogP contribution < -0.4 is 10.5 Å². The van der Waals surface area contributed by atoms with Crippen LogP contribution >= 0.6 is 0 Å². The summed E-state index contributed by atoms with van der Waals surface area (Å²) in [7, 11) is -1.85. The van der Waals surface area contributed by atoms with Crippen LogP contribution in [-0.4, -0.2) is 50.6 Å². The minimum Gasteiger partial charge on any atom is -0.478 e. The van der Waals surface area contributed by atoms with Gasteiger partial charge in [0.15, 0.2) is 0 Å². The van der Waals surface area contributed by atoms with Gasteiger partial charge in [-0.2, -0.15) is 0 Å². The SMILES string of the molecule is CC(C)N(C)CCNS(=O)(=O)c1ccc(C(=O)O)cc1N. The van der Waals surface area contributed by atoms with Crippen molar-refractivity contribution in [3.8, 4) is 0 Å². The monoisotopic (exact) mass is 315 g/mol. The lowest BCUT2D eigenvalue weighted by Gasteiger charge is -2.21. The maximum Gasteiger partial charge on any atom is 0.335 e. The van der Waals surface area contributed by atoms with Gasteiger partial charge < -0.3 is 15.7 Å². The summed E-state index contributed by atoms with van der Waals surface area (Å²) < 4.78 is 26.7. The number of nitrogens with one attached hydrogen (secondary N) is 1. The third-order valence-corrected chi connectivity index (χ3v) is 4.72. The molecule has 8 heteroatoms. The molecule has 21 heavy (non-hydrogen) atoms. The second-order valence-corrected chi connectivity index (χ2v) is 6.77.